The molecule has 1 atom stereocenters. The fraction of sp³-hybridized carbons (Fsp3) is 0.889. The summed E-state index contributed by atoms with van der Waals surface area (Å²) < 4.78 is 0. The maximum atomic E-state index is 12.3. The number of likely N-dealkylation sites (tertiary alicyclic amines) is 1. The van der Waals surface area contributed by atoms with Gasteiger partial charge in [0.25, 0.3) is 0 Å². The van der Waals surface area contributed by atoms with E-state index in [0.29, 0.717) is 18.5 Å². The van der Waals surface area contributed by atoms with Gasteiger partial charge in [-0.05, 0) is 45.1 Å². The van der Waals surface area contributed by atoms with Gasteiger partial charge < -0.3 is 20.9 Å². The Balaban J connectivity index is 1.33. The number of piperidine rings is 1. The molecule has 136 valence electrons. The van der Waals surface area contributed by atoms with Crippen LogP contribution in [0.3, 0.4) is 0 Å². The van der Waals surface area contributed by atoms with E-state index in [-0.39, 0.29) is 18.0 Å². The standard InChI is InChI=1S/C18H32N4O2/c23-17(13-16-7-4-10-19-16)22-11-8-15(9-12-22)21-18(24)20-14-5-2-1-3-6-14/h14-16,19H,1-13H2,(H2,20,21,24). The Kier molecular flexibility index (Phi) is 6.35. The quantitative estimate of drug-likeness (QED) is 0.732. The molecule has 0 spiro atoms. The second-order valence-corrected chi connectivity index (χ2v) is 7.61. The lowest BCUT2D eigenvalue weighted by molar-refractivity contribution is -0.132. The summed E-state index contributed by atoms with van der Waals surface area (Å²) in [5.41, 5.74) is 0. The van der Waals surface area contributed by atoms with Gasteiger partial charge in [0.05, 0.1) is 0 Å². The van der Waals surface area contributed by atoms with Crippen molar-refractivity contribution in [2.45, 2.75) is 82.3 Å². The highest BCUT2D eigenvalue weighted by Crippen LogP contribution is 2.18. The van der Waals surface area contributed by atoms with E-state index < -0.39 is 0 Å². The third kappa shape index (κ3) is 5.10. The molecule has 6 nitrogen and oxygen atoms in total. The third-order valence-corrected chi connectivity index (χ3v) is 5.71. The number of nitrogens with zero attached hydrogens (tertiary/aromatic N) is 1. The van der Waals surface area contributed by atoms with Gasteiger partial charge in [0.15, 0.2) is 0 Å². The van der Waals surface area contributed by atoms with Crippen LogP contribution in [0.5, 0.6) is 0 Å². The zero-order valence-corrected chi connectivity index (χ0v) is 14.7. The van der Waals surface area contributed by atoms with Crippen molar-refractivity contribution in [2.24, 2.45) is 0 Å². The maximum Gasteiger partial charge on any atom is 0.315 e. The number of amides is 3. The molecular formula is C18H32N4O2. The molecule has 0 aromatic rings. The van der Waals surface area contributed by atoms with Crippen molar-refractivity contribution in [1.29, 1.82) is 0 Å². The largest absolute Gasteiger partial charge is 0.342 e. The van der Waals surface area contributed by atoms with Gasteiger partial charge in [0.2, 0.25) is 5.91 Å². The van der Waals surface area contributed by atoms with Gasteiger partial charge in [-0.2, -0.15) is 0 Å². The van der Waals surface area contributed by atoms with Crippen molar-refractivity contribution in [3.63, 3.8) is 0 Å². The van der Waals surface area contributed by atoms with Crippen LogP contribution >= 0.6 is 0 Å². The summed E-state index contributed by atoms with van der Waals surface area (Å²) in [6.07, 6.45) is 10.6. The highest BCUT2D eigenvalue weighted by atomic mass is 16.2. The number of hydrogen-bond donors (Lipinski definition) is 3. The predicted molar refractivity (Wildman–Crippen MR) is 93.8 cm³/mol. The van der Waals surface area contributed by atoms with Crippen LogP contribution < -0.4 is 16.0 Å². The lowest BCUT2D eigenvalue weighted by atomic mass is 9.96. The van der Waals surface area contributed by atoms with Crippen LogP contribution in [0, 0.1) is 0 Å². The van der Waals surface area contributed by atoms with Gasteiger partial charge in [0.1, 0.15) is 0 Å². The van der Waals surface area contributed by atoms with E-state index in [9.17, 15) is 9.59 Å². The summed E-state index contributed by atoms with van der Waals surface area (Å²) in [4.78, 5) is 26.4. The first-order valence-electron chi connectivity index (χ1n) is 9.79. The Morgan fingerprint density at radius 1 is 0.875 bits per heavy atom. The van der Waals surface area contributed by atoms with Crippen LogP contribution in [0.1, 0.15) is 64.2 Å². The highest BCUT2D eigenvalue weighted by molar-refractivity contribution is 5.77. The molecule has 3 fully saturated rings. The number of carbonyl (C=O) groups excluding carboxylic acids is 2. The number of rotatable bonds is 4. The van der Waals surface area contributed by atoms with Gasteiger partial charge >= 0.3 is 6.03 Å². The fourth-order valence-electron chi connectivity index (χ4n) is 4.20. The van der Waals surface area contributed by atoms with Crippen LogP contribution in [-0.2, 0) is 4.79 Å². The predicted octanol–water partition coefficient (Wildman–Crippen LogP) is 1.75. The Morgan fingerprint density at radius 2 is 1.54 bits per heavy atom. The molecule has 6 heteroatoms. The minimum atomic E-state index is -0.0261. The number of nitrogens with one attached hydrogen (secondary N) is 3. The first-order chi connectivity index (χ1) is 11.7. The van der Waals surface area contributed by atoms with Crippen LogP contribution in [0.15, 0.2) is 0 Å². The lowest BCUT2D eigenvalue weighted by Crippen LogP contribution is -2.51. The Bertz CT molecular complexity index is 423. The number of urea groups is 1. The summed E-state index contributed by atoms with van der Waals surface area (Å²) in [5.74, 6) is 0.263. The second-order valence-electron chi connectivity index (χ2n) is 7.61. The molecule has 3 N–H and O–H groups in total. The maximum absolute atomic E-state index is 12.3. The van der Waals surface area contributed by atoms with Gasteiger partial charge in [-0.25, -0.2) is 4.79 Å². The van der Waals surface area contributed by atoms with Crippen molar-refractivity contribution < 1.29 is 9.59 Å². The molecule has 3 amide bonds. The molecule has 2 aliphatic heterocycles. The summed E-state index contributed by atoms with van der Waals surface area (Å²) in [6.45, 7) is 2.57. The zero-order valence-electron chi connectivity index (χ0n) is 14.7. The van der Waals surface area contributed by atoms with Crippen molar-refractivity contribution in [1.82, 2.24) is 20.9 Å². The van der Waals surface area contributed by atoms with E-state index in [1.165, 1.54) is 25.7 Å². The highest BCUT2D eigenvalue weighted by Gasteiger charge is 2.27. The van der Waals surface area contributed by atoms with Crippen molar-refractivity contribution in [2.75, 3.05) is 19.6 Å². The first-order valence-corrected chi connectivity index (χ1v) is 9.79. The molecule has 2 heterocycles. The molecule has 0 aromatic carbocycles. The monoisotopic (exact) mass is 336 g/mol. The summed E-state index contributed by atoms with van der Waals surface area (Å²) in [6, 6.07) is 0.887. The Morgan fingerprint density at radius 3 is 2.17 bits per heavy atom. The van der Waals surface area contributed by atoms with E-state index in [0.717, 1.165) is 51.7 Å². The Labute approximate surface area is 145 Å². The molecule has 1 aliphatic carbocycles. The molecule has 3 aliphatic rings. The Hall–Kier alpha value is -1.30. The summed E-state index contributed by atoms with van der Waals surface area (Å²) >= 11 is 0. The lowest BCUT2D eigenvalue weighted by Gasteiger charge is -2.33. The molecule has 0 radical (unpaired) electrons. The SMILES string of the molecule is O=C(NC1CCCCC1)NC1CCN(C(=O)CC2CCCN2)CC1. The van der Waals surface area contributed by atoms with Gasteiger partial charge in [-0.15, -0.1) is 0 Å². The fourth-order valence-corrected chi connectivity index (χ4v) is 4.20. The van der Waals surface area contributed by atoms with E-state index in [2.05, 4.69) is 16.0 Å². The van der Waals surface area contributed by atoms with Crippen molar-refractivity contribution in [3.8, 4) is 0 Å². The minimum Gasteiger partial charge on any atom is -0.342 e. The first kappa shape index (κ1) is 17.5. The van der Waals surface area contributed by atoms with Crippen LogP contribution in [0.2, 0.25) is 0 Å². The van der Waals surface area contributed by atoms with Crippen molar-refractivity contribution in [3.05, 3.63) is 0 Å². The second kappa shape index (κ2) is 8.70. The molecule has 1 saturated carbocycles. The van der Waals surface area contributed by atoms with Crippen LogP contribution in [0.25, 0.3) is 0 Å². The van der Waals surface area contributed by atoms with Crippen molar-refractivity contribution >= 4 is 11.9 Å². The molecule has 3 rings (SSSR count). The molecule has 1 unspecified atom stereocenters. The molecule has 0 aromatic heterocycles. The summed E-state index contributed by atoms with van der Waals surface area (Å²) in [7, 11) is 0. The molecule has 2 saturated heterocycles. The summed E-state index contributed by atoms with van der Waals surface area (Å²) in [5, 5.41) is 9.60. The van der Waals surface area contributed by atoms with Crippen LogP contribution in [0.4, 0.5) is 4.79 Å². The molecule has 0 bridgehead atoms. The molecular weight excluding hydrogens is 304 g/mol. The minimum absolute atomic E-state index is 0.0261. The number of carbonyl (C=O) groups is 2. The average molecular weight is 336 g/mol. The average Bonchev–Trinajstić information content (AvgIpc) is 3.09. The van der Waals surface area contributed by atoms with E-state index in [1.807, 2.05) is 4.90 Å². The van der Waals surface area contributed by atoms with Gasteiger partial charge in [0, 0.05) is 37.6 Å². The van der Waals surface area contributed by atoms with E-state index in [4.69, 9.17) is 0 Å². The van der Waals surface area contributed by atoms with Gasteiger partial charge in [-0.1, -0.05) is 19.3 Å². The van der Waals surface area contributed by atoms with E-state index >= 15 is 0 Å². The number of hydrogen-bond acceptors (Lipinski definition) is 3. The topological polar surface area (TPSA) is 73.5 Å². The smallest absolute Gasteiger partial charge is 0.315 e. The third-order valence-electron chi connectivity index (χ3n) is 5.71. The normalized spacial score (nSPS) is 26.3. The molecule has 24 heavy (non-hydrogen) atoms. The van der Waals surface area contributed by atoms with Crippen LogP contribution in [-0.4, -0.2) is 54.6 Å². The zero-order chi connectivity index (χ0) is 16.8. The van der Waals surface area contributed by atoms with Gasteiger partial charge in [-0.3, -0.25) is 4.79 Å². The van der Waals surface area contributed by atoms with E-state index in [1.54, 1.807) is 0 Å².